The number of hydrogen-bond donors (Lipinski definition) is 1. The van der Waals surface area contributed by atoms with Crippen LogP contribution in [0, 0.1) is 6.92 Å². The summed E-state index contributed by atoms with van der Waals surface area (Å²) in [5, 5.41) is 12.4. The van der Waals surface area contributed by atoms with Gasteiger partial charge in [0.1, 0.15) is 5.01 Å². The number of methoxy groups -OCH3 is 2. The lowest BCUT2D eigenvalue weighted by Gasteiger charge is -2.23. The molecule has 0 aliphatic heterocycles. The molecule has 1 N–H and O–H groups in total. The molecule has 0 atom stereocenters. The molecule has 40 heavy (non-hydrogen) atoms. The van der Waals surface area contributed by atoms with Crippen molar-refractivity contribution in [1.82, 2.24) is 15.1 Å². The molecule has 0 aliphatic carbocycles. The minimum absolute atomic E-state index is 0.0846. The van der Waals surface area contributed by atoms with Gasteiger partial charge in [-0.3, -0.25) is 9.59 Å². The van der Waals surface area contributed by atoms with Crippen LogP contribution in [0.1, 0.15) is 69.4 Å². The van der Waals surface area contributed by atoms with Crippen molar-refractivity contribution in [2.45, 2.75) is 71.6 Å². The van der Waals surface area contributed by atoms with E-state index in [1.807, 2.05) is 49.4 Å². The fourth-order valence-electron chi connectivity index (χ4n) is 4.38. The zero-order valence-corrected chi connectivity index (χ0v) is 25.0. The third-order valence-electron chi connectivity index (χ3n) is 6.79. The largest absolute Gasteiger partial charge is 0.493 e. The lowest BCUT2D eigenvalue weighted by molar-refractivity contribution is -0.131. The number of amides is 2. The van der Waals surface area contributed by atoms with Gasteiger partial charge in [-0.05, 0) is 37.5 Å². The second-order valence-electron chi connectivity index (χ2n) is 9.91. The van der Waals surface area contributed by atoms with Crippen molar-refractivity contribution in [2.24, 2.45) is 0 Å². The Bertz CT molecular complexity index is 1210. The molecule has 2 amide bonds. The Labute approximate surface area is 242 Å². The van der Waals surface area contributed by atoms with Gasteiger partial charge < -0.3 is 19.7 Å². The van der Waals surface area contributed by atoms with Crippen molar-refractivity contribution in [2.75, 3.05) is 32.6 Å². The van der Waals surface area contributed by atoms with Gasteiger partial charge in [0.2, 0.25) is 16.9 Å². The number of rotatable bonds is 17. The van der Waals surface area contributed by atoms with Crippen LogP contribution in [0.3, 0.4) is 0 Å². The topological polar surface area (TPSA) is 93.7 Å². The van der Waals surface area contributed by atoms with Gasteiger partial charge in [0, 0.05) is 31.5 Å². The van der Waals surface area contributed by atoms with Gasteiger partial charge in [-0.25, -0.2) is 0 Å². The van der Waals surface area contributed by atoms with Crippen LogP contribution in [-0.4, -0.2) is 54.2 Å². The van der Waals surface area contributed by atoms with Crippen LogP contribution in [-0.2, 0) is 16.0 Å². The van der Waals surface area contributed by atoms with Crippen LogP contribution in [0.15, 0.2) is 42.5 Å². The molecule has 2 aromatic carbocycles. The van der Waals surface area contributed by atoms with E-state index in [1.165, 1.54) is 36.2 Å². The highest BCUT2D eigenvalue weighted by molar-refractivity contribution is 7.18. The zero-order valence-electron chi connectivity index (χ0n) is 24.2. The smallest absolute Gasteiger partial charge is 0.227 e. The molecule has 0 saturated carbocycles. The summed E-state index contributed by atoms with van der Waals surface area (Å²) in [6.07, 6.45) is 8.07. The lowest BCUT2D eigenvalue weighted by Crippen LogP contribution is -2.35. The fraction of sp³-hybridized carbons (Fsp3) is 0.484. The van der Waals surface area contributed by atoms with E-state index in [-0.39, 0.29) is 18.2 Å². The number of benzene rings is 2. The first-order valence-electron chi connectivity index (χ1n) is 14.1. The molecule has 0 aliphatic rings. The normalized spacial score (nSPS) is 10.8. The molecular weight excluding hydrogens is 524 g/mol. The Morgan fingerprint density at radius 2 is 1.60 bits per heavy atom. The predicted molar refractivity (Wildman–Crippen MR) is 161 cm³/mol. The summed E-state index contributed by atoms with van der Waals surface area (Å²) in [5.41, 5.74) is 3.17. The average Bonchev–Trinajstić information content (AvgIpc) is 3.43. The molecule has 3 aromatic rings. The van der Waals surface area contributed by atoms with Gasteiger partial charge in [-0.2, -0.15) is 0 Å². The van der Waals surface area contributed by atoms with Crippen LogP contribution >= 0.6 is 11.3 Å². The Balaban J connectivity index is 1.57. The number of carbonyl (C=O) groups excluding carboxylic acids is 2. The standard InChI is InChI=1S/C31H42N4O4S/c1-5-6-7-8-9-10-11-29(37)35(20-18-24-14-17-26(38-3)27(22-24)39-4)21-19-28(36)32-31-34-33-30(40-31)25-15-12-23(2)13-16-25/h12-17,22H,5-11,18-21H2,1-4H3,(H,32,34,36). The van der Waals surface area contributed by atoms with E-state index < -0.39 is 0 Å². The monoisotopic (exact) mass is 566 g/mol. The highest BCUT2D eigenvalue weighted by Gasteiger charge is 2.17. The molecule has 0 fully saturated rings. The second-order valence-corrected chi connectivity index (χ2v) is 10.9. The summed E-state index contributed by atoms with van der Waals surface area (Å²) in [6, 6.07) is 13.8. The molecule has 216 valence electrons. The van der Waals surface area contributed by atoms with Crippen molar-refractivity contribution in [3.8, 4) is 22.1 Å². The molecule has 3 rings (SSSR count). The summed E-state index contributed by atoms with van der Waals surface area (Å²) in [4.78, 5) is 27.7. The van der Waals surface area contributed by atoms with Crippen molar-refractivity contribution < 1.29 is 19.1 Å². The first kappa shape index (κ1) is 31.1. The molecule has 9 heteroatoms. The third-order valence-corrected chi connectivity index (χ3v) is 7.68. The molecule has 1 heterocycles. The van der Waals surface area contributed by atoms with Crippen LogP contribution in [0.25, 0.3) is 10.6 Å². The van der Waals surface area contributed by atoms with Gasteiger partial charge in [-0.1, -0.05) is 86.3 Å². The van der Waals surface area contributed by atoms with E-state index in [0.717, 1.165) is 35.4 Å². The Hall–Kier alpha value is -3.46. The summed E-state index contributed by atoms with van der Waals surface area (Å²) >= 11 is 1.34. The quantitative estimate of drug-likeness (QED) is 0.183. The van der Waals surface area contributed by atoms with E-state index >= 15 is 0 Å². The van der Waals surface area contributed by atoms with E-state index in [0.29, 0.717) is 42.6 Å². The van der Waals surface area contributed by atoms with Gasteiger partial charge in [0.15, 0.2) is 11.5 Å². The van der Waals surface area contributed by atoms with Gasteiger partial charge in [0.05, 0.1) is 14.2 Å². The van der Waals surface area contributed by atoms with Crippen molar-refractivity contribution >= 4 is 28.3 Å². The predicted octanol–water partition coefficient (Wildman–Crippen LogP) is 6.68. The summed E-state index contributed by atoms with van der Waals surface area (Å²) in [6.45, 7) is 5.10. The summed E-state index contributed by atoms with van der Waals surface area (Å²) in [7, 11) is 3.22. The molecule has 0 spiro atoms. The Morgan fingerprint density at radius 3 is 2.33 bits per heavy atom. The van der Waals surface area contributed by atoms with Gasteiger partial charge >= 0.3 is 0 Å². The number of unbranched alkanes of at least 4 members (excludes halogenated alkanes) is 5. The molecule has 0 bridgehead atoms. The molecule has 0 unspecified atom stereocenters. The van der Waals surface area contributed by atoms with Gasteiger partial charge in [-0.15, -0.1) is 10.2 Å². The first-order chi connectivity index (χ1) is 19.4. The van der Waals surface area contributed by atoms with Crippen molar-refractivity contribution in [3.05, 3.63) is 53.6 Å². The number of nitrogens with one attached hydrogen (secondary N) is 1. The van der Waals surface area contributed by atoms with Crippen LogP contribution in [0.5, 0.6) is 11.5 Å². The number of anilines is 1. The number of hydrogen-bond acceptors (Lipinski definition) is 7. The molecule has 8 nitrogen and oxygen atoms in total. The second kappa shape index (κ2) is 16.6. The first-order valence-corrected chi connectivity index (χ1v) is 14.9. The highest BCUT2D eigenvalue weighted by atomic mass is 32.1. The van der Waals surface area contributed by atoms with Gasteiger partial charge in [0.25, 0.3) is 0 Å². The van der Waals surface area contributed by atoms with Crippen LogP contribution in [0.2, 0.25) is 0 Å². The number of carbonyl (C=O) groups is 2. The maximum absolute atomic E-state index is 13.2. The molecular formula is C31H42N4O4S. The number of aryl methyl sites for hydroxylation is 1. The third kappa shape index (κ3) is 9.93. The summed E-state index contributed by atoms with van der Waals surface area (Å²) in [5.74, 6) is 1.23. The average molecular weight is 567 g/mol. The fourth-order valence-corrected chi connectivity index (χ4v) is 5.15. The van der Waals surface area contributed by atoms with Crippen molar-refractivity contribution in [3.63, 3.8) is 0 Å². The molecule has 1 aromatic heterocycles. The number of aromatic nitrogens is 2. The lowest BCUT2D eigenvalue weighted by atomic mass is 10.1. The van der Waals surface area contributed by atoms with Crippen LogP contribution in [0.4, 0.5) is 5.13 Å². The Kier molecular flexibility index (Phi) is 12.9. The molecule has 0 radical (unpaired) electrons. The maximum atomic E-state index is 13.2. The number of nitrogens with zero attached hydrogens (tertiary/aromatic N) is 3. The Morgan fingerprint density at radius 1 is 0.875 bits per heavy atom. The van der Waals surface area contributed by atoms with E-state index in [2.05, 4.69) is 22.4 Å². The highest BCUT2D eigenvalue weighted by Crippen LogP contribution is 2.28. The SMILES string of the molecule is CCCCCCCCC(=O)N(CCC(=O)Nc1nnc(-c2ccc(C)cc2)s1)CCc1ccc(OC)c(OC)c1. The van der Waals surface area contributed by atoms with Crippen molar-refractivity contribution in [1.29, 1.82) is 0 Å². The zero-order chi connectivity index (χ0) is 28.7. The minimum Gasteiger partial charge on any atom is -0.493 e. The molecule has 0 saturated heterocycles. The van der Waals surface area contributed by atoms with E-state index in [9.17, 15) is 9.59 Å². The van der Waals surface area contributed by atoms with E-state index in [4.69, 9.17) is 9.47 Å². The maximum Gasteiger partial charge on any atom is 0.227 e. The number of ether oxygens (including phenoxy) is 2. The van der Waals surface area contributed by atoms with E-state index in [1.54, 1.807) is 19.1 Å². The van der Waals surface area contributed by atoms with Crippen LogP contribution < -0.4 is 14.8 Å². The summed E-state index contributed by atoms with van der Waals surface area (Å²) < 4.78 is 10.8. The minimum atomic E-state index is -0.185.